The third kappa shape index (κ3) is 2.42. The van der Waals surface area contributed by atoms with Crippen molar-refractivity contribution in [1.29, 1.82) is 0 Å². The number of aromatic nitrogens is 2. The van der Waals surface area contributed by atoms with Gasteiger partial charge in [-0.15, -0.1) is 0 Å². The van der Waals surface area contributed by atoms with E-state index >= 15 is 0 Å². The summed E-state index contributed by atoms with van der Waals surface area (Å²) >= 11 is 0. The number of carbonyl (C=O) groups excluding carboxylic acids is 1. The molecule has 22 heavy (non-hydrogen) atoms. The van der Waals surface area contributed by atoms with Crippen LogP contribution in [0.3, 0.4) is 0 Å². The summed E-state index contributed by atoms with van der Waals surface area (Å²) in [5, 5.41) is 17.5. The summed E-state index contributed by atoms with van der Waals surface area (Å²) < 4.78 is 0. The van der Waals surface area contributed by atoms with Crippen LogP contribution in [0.5, 0.6) is 5.75 Å². The SMILES string of the molecule is NC(=O)c1cc(Cc2n[nH]c(=O)c3ccccc23)ccc1O. The molecule has 6 heteroatoms. The smallest absolute Gasteiger partial charge is 0.272 e. The van der Waals surface area contributed by atoms with Gasteiger partial charge in [0, 0.05) is 11.8 Å². The number of nitrogens with one attached hydrogen (secondary N) is 1. The van der Waals surface area contributed by atoms with Crippen molar-refractivity contribution in [2.75, 3.05) is 0 Å². The summed E-state index contributed by atoms with van der Waals surface area (Å²) in [6.45, 7) is 0. The summed E-state index contributed by atoms with van der Waals surface area (Å²) in [5.74, 6) is -0.853. The van der Waals surface area contributed by atoms with Crippen molar-refractivity contribution < 1.29 is 9.90 Å². The van der Waals surface area contributed by atoms with Crippen LogP contribution < -0.4 is 11.3 Å². The number of amides is 1. The molecule has 2 aromatic carbocycles. The summed E-state index contributed by atoms with van der Waals surface area (Å²) in [6, 6.07) is 11.8. The molecule has 0 spiro atoms. The Morgan fingerprint density at radius 2 is 1.91 bits per heavy atom. The van der Waals surface area contributed by atoms with Crippen molar-refractivity contribution in [3.8, 4) is 5.75 Å². The van der Waals surface area contributed by atoms with Crippen LogP contribution in [0.25, 0.3) is 10.8 Å². The Balaban J connectivity index is 2.08. The zero-order chi connectivity index (χ0) is 15.7. The number of aromatic amines is 1. The molecule has 0 atom stereocenters. The highest BCUT2D eigenvalue weighted by molar-refractivity contribution is 5.95. The number of carbonyl (C=O) groups is 1. The minimum atomic E-state index is -0.696. The number of nitrogens with two attached hydrogens (primary N) is 1. The lowest BCUT2D eigenvalue weighted by Gasteiger charge is -2.07. The van der Waals surface area contributed by atoms with Crippen LogP contribution in [-0.2, 0) is 6.42 Å². The van der Waals surface area contributed by atoms with Crippen molar-refractivity contribution >= 4 is 16.7 Å². The maximum absolute atomic E-state index is 11.8. The van der Waals surface area contributed by atoms with E-state index in [4.69, 9.17) is 5.73 Å². The average molecular weight is 295 g/mol. The first-order chi connectivity index (χ1) is 10.6. The standard InChI is InChI=1S/C16H13N3O3/c17-15(21)12-7-9(5-6-14(12)20)8-13-10-3-1-2-4-11(10)16(22)19-18-13/h1-7,20H,8H2,(H2,17,21)(H,19,22). The number of benzene rings is 2. The number of nitrogens with zero attached hydrogens (tertiary/aromatic N) is 1. The molecule has 0 radical (unpaired) electrons. The van der Waals surface area contributed by atoms with E-state index < -0.39 is 5.91 Å². The Labute approximate surface area is 125 Å². The Kier molecular flexibility index (Phi) is 3.34. The average Bonchev–Trinajstić information content (AvgIpc) is 2.52. The highest BCUT2D eigenvalue weighted by Crippen LogP contribution is 2.21. The van der Waals surface area contributed by atoms with E-state index in [-0.39, 0.29) is 16.9 Å². The number of H-pyrrole nitrogens is 1. The first kappa shape index (κ1) is 13.8. The second-order valence-corrected chi connectivity index (χ2v) is 4.94. The van der Waals surface area contributed by atoms with Crippen LogP contribution in [0.4, 0.5) is 0 Å². The highest BCUT2D eigenvalue weighted by Gasteiger charge is 2.11. The van der Waals surface area contributed by atoms with E-state index in [1.807, 2.05) is 12.1 Å². The van der Waals surface area contributed by atoms with Crippen molar-refractivity contribution in [3.63, 3.8) is 0 Å². The molecule has 3 rings (SSSR count). The van der Waals surface area contributed by atoms with Gasteiger partial charge < -0.3 is 10.8 Å². The molecule has 1 amide bonds. The molecule has 0 unspecified atom stereocenters. The number of hydrogen-bond donors (Lipinski definition) is 3. The van der Waals surface area contributed by atoms with Gasteiger partial charge in [-0.05, 0) is 23.8 Å². The van der Waals surface area contributed by atoms with Gasteiger partial charge in [-0.1, -0.05) is 24.3 Å². The van der Waals surface area contributed by atoms with Gasteiger partial charge in [-0.3, -0.25) is 9.59 Å². The van der Waals surface area contributed by atoms with Gasteiger partial charge in [-0.2, -0.15) is 5.10 Å². The lowest BCUT2D eigenvalue weighted by Crippen LogP contribution is -2.13. The zero-order valence-corrected chi connectivity index (χ0v) is 11.5. The molecule has 6 nitrogen and oxygen atoms in total. The monoisotopic (exact) mass is 295 g/mol. The van der Waals surface area contributed by atoms with Crippen molar-refractivity contribution in [3.05, 3.63) is 69.6 Å². The highest BCUT2D eigenvalue weighted by atomic mass is 16.3. The van der Waals surface area contributed by atoms with E-state index in [1.54, 1.807) is 18.2 Å². The van der Waals surface area contributed by atoms with Crippen LogP contribution in [0.2, 0.25) is 0 Å². The van der Waals surface area contributed by atoms with Gasteiger partial charge in [0.15, 0.2) is 0 Å². The van der Waals surface area contributed by atoms with Crippen molar-refractivity contribution in [2.45, 2.75) is 6.42 Å². The van der Waals surface area contributed by atoms with Crippen LogP contribution in [0.15, 0.2) is 47.3 Å². The minimum absolute atomic E-state index is 0.0613. The molecule has 110 valence electrons. The summed E-state index contributed by atoms with van der Waals surface area (Å²) in [7, 11) is 0. The molecule has 1 aromatic heterocycles. The maximum atomic E-state index is 11.8. The van der Waals surface area contributed by atoms with Crippen LogP contribution >= 0.6 is 0 Å². The molecule has 0 bridgehead atoms. The fourth-order valence-corrected chi connectivity index (χ4v) is 2.39. The van der Waals surface area contributed by atoms with Gasteiger partial charge >= 0.3 is 0 Å². The second kappa shape index (κ2) is 5.33. The number of phenols is 1. The third-order valence-electron chi connectivity index (χ3n) is 3.47. The number of aromatic hydroxyl groups is 1. The molecular formula is C16H13N3O3. The van der Waals surface area contributed by atoms with Crippen LogP contribution in [0, 0.1) is 0 Å². The fraction of sp³-hybridized carbons (Fsp3) is 0.0625. The van der Waals surface area contributed by atoms with E-state index in [1.165, 1.54) is 12.1 Å². The Morgan fingerprint density at radius 1 is 1.18 bits per heavy atom. The number of fused-ring (bicyclic) bond motifs is 1. The van der Waals surface area contributed by atoms with Crippen molar-refractivity contribution in [2.24, 2.45) is 5.73 Å². The van der Waals surface area contributed by atoms with E-state index in [0.717, 1.165) is 10.9 Å². The molecule has 0 aliphatic heterocycles. The van der Waals surface area contributed by atoms with Gasteiger partial charge in [0.1, 0.15) is 5.75 Å². The number of rotatable bonds is 3. The summed E-state index contributed by atoms with van der Waals surface area (Å²) in [5.41, 5.74) is 6.48. The Hall–Kier alpha value is -3.15. The molecule has 0 saturated heterocycles. The number of hydrogen-bond acceptors (Lipinski definition) is 4. The van der Waals surface area contributed by atoms with Gasteiger partial charge in [0.05, 0.1) is 16.6 Å². The van der Waals surface area contributed by atoms with E-state index in [2.05, 4.69) is 10.2 Å². The predicted octanol–water partition coefficient (Wildman–Crippen LogP) is 1.32. The first-order valence-electron chi connectivity index (χ1n) is 6.64. The van der Waals surface area contributed by atoms with E-state index in [0.29, 0.717) is 17.5 Å². The van der Waals surface area contributed by atoms with E-state index in [9.17, 15) is 14.7 Å². The van der Waals surface area contributed by atoms with Gasteiger partial charge in [-0.25, -0.2) is 5.10 Å². The Bertz CT molecular complexity index is 931. The largest absolute Gasteiger partial charge is 0.507 e. The summed E-state index contributed by atoms with van der Waals surface area (Å²) in [6.07, 6.45) is 0.401. The lowest BCUT2D eigenvalue weighted by molar-refractivity contribution is 0.0997. The molecule has 0 aliphatic rings. The molecule has 0 aliphatic carbocycles. The predicted molar refractivity (Wildman–Crippen MR) is 81.8 cm³/mol. The molecular weight excluding hydrogens is 282 g/mol. The minimum Gasteiger partial charge on any atom is -0.507 e. The quantitative estimate of drug-likeness (QED) is 0.677. The topological polar surface area (TPSA) is 109 Å². The van der Waals surface area contributed by atoms with Gasteiger partial charge in [0.25, 0.3) is 11.5 Å². The van der Waals surface area contributed by atoms with Crippen LogP contribution in [0.1, 0.15) is 21.6 Å². The van der Waals surface area contributed by atoms with Gasteiger partial charge in [0.2, 0.25) is 0 Å². The first-order valence-corrected chi connectivity index (χ1v) is 6.64. The third-order valence-corrected chi connectivity index (χ3v) is 3.47. The Morgan fingerprint density at radius 3 is 2.64 bits per heavy atom. The lowest BCUT2D eigenvalue weighted by atomic mass is 10.0. The molecule has 3 aromatic rings. The summed E-state index contributed by atoms with van der Waals surface area (Å²) in [4.78, 5) is 23.0. The number of primary amides is 1. The van der Waals surface area contributed by atoms with Crippen LogP contribution in [-0.4, -0.2) is 21.2 Å². The molecule has 0 fully saturated rings. The fourth-order valence-electron chi connectivity index (χ4n) is 2.39. The molecule has 4 N–H and O–H groups in total. The normalized spacial score (nSPS) is 10.7. The molecule has 0 saturated carbocycles. The second-order valence-electron chi connectivity index (χ2n) is 4.94. The maximum Gasteiger partial charge on any atom is 0.272 e. The zero-order valence-electron chi connectivity index (χ0n) is 11.5. The van der Waals surface area contributed by atoms with Crippen molar-refractivity contribution in [1.82, 2.24) is 10.2 Å². The molecule has 1 heterocycles.